The number of benzene rings is 13. The second kappa shape index (κ2) is 29.5. The summed E-state index contributed by atoms with van der Waals surface area (Å²) in [6, 6.07) is 89.6. The minimum Gasteiger partial charge on any atom is -0.504 e. The van der Waals surface area contributed by atoms with Gasteiger partial charge in [-0.1, -0.05) is 273 Å². The van der Waals surface area contributed by atoms with Crippen LogP contribution in [0.5, 0.6) is 69.0 Å². The number of esters is 4. The van der Waals surface area contributed by atoms with Gasteiger partial charge in [0.05, 0.1) is 28.9 Å². The van der Waals surface area contributed by atoms with Crippen molar-refractivity contribution in [1.29, 1.82) is 0 Å². The topological polar surface area (TPSA) is 278 Å². The van der Waals surface area contributed by atoms with Crippen LogP contribution in [0.15, 0.2) is 322 Å². The van der Waals surface area contributed by atoms with Crippen molar-refractivity contribution in [1.82, 2.24) is 0 Å². The Hall–Kier alpha value is -14.7. The summed E-state index contributed by atoms with van der Waals surface area (Å²) in [5.74, 6) is -14.8. The maximum atomic E-state index is 15.8. The summed E-state index contributed by atoms with van der Waals surface area (Å²) in [5, 5.41) is 48.1. The molecule has 13 aromatic rings. The SMILES string of the molecule is O=C(OC[C@H]1O[C@@H](OCc2ccccc2)[C@H](OC(=O)c2cc(O)c3c(c2)OC(c2ccccc2)(c2ccccc2)O3)[C@@H](OC(=O)c2cc(O)c3c(c2)OC(c2ccccc2)(c2ccccc2)O3)[C@@H]1OC(=O)c1cc(O)c2c(c1)OC(c1ccccc1)(c1ccccc1)O2)c1cc(O)c2c(c1)OC(c1ccccc1)(c1ccccc1)O2. The van der Waals surface area contributed by atoms with Crippen LogP contribution in [0.3, 0.4) is 0 Å². The van der Waals surface area contributed by atoms with Gasteiger partial charge in [0.25, 0.3) is 0 Å². The van der Waals surface area contributed by atoms with E-state index in [1.807, 2.05) is 48.5 Å². The predicted octanol–water partition coefficient (Wildman–Crippen LogP) is 16.0. The smallest absolute Gasteiger partial charge is 0.339 e. The van der Waals surface area contributed by atoms with Gasteiger partial charge in [0.1, 0.15) is 12.7 Å². The Morgan fingerprint density at radius 1 is 0.287 bits per heavy atom. The van der Waals surface area contributed by atoms with Gasteiger partial charge in [0.2, 0.25) is 23.0 Å². The average molecular weight is 1540 g/mol. The molecular formula is C93H66O22. The standard InChI is InChI=1S/C93H66O22/c94-69-46-57(50-73-78(69)112-90(108-73,61-30-12-2-13-31-61)62-32-14-3-15-33-62)85(98)102-55-77-82(105-86(99)58-47-70(95)79-74(51-58)109-91(113-79,63-34-16-4-17-35-63)64-36-18-5-19-37-64)83(106-87(100)59-48-71(96)80-75(52-59)110-92(114-80,65-38-20-6-21-39-65)66-40-22-7-23-41-66)84(89(104-77)103-54-56-28-10-1-11-29-56)107-88(101)60-49-72(97)81-76(53-60)111-93(115-81,67-42-24-8-25-43-67)68-44-26-9-27-45-68/h1-53,77,82-84,89,94-97H,54-55H2/t77-,82-,83+,84-,89-/m1/s1. The van der Waals surface area contributed by atoms with Crippen molar-refractivity contribution in [2.75, 3.05) is 6.61 Å². The number of carbonyl (C=O) groups excluding carboxylic acids is 4. The molecule has 0 aliphatic carbocycles. The molecule has 4 N–H and O–H groups in total. The molecule has 115 heavy (non-hydrogen) atoms. The molecule has 5 atom stereocenters. The van der Waals surface area contributed by atoms with E-state index in [2.05, 4.69) is 0 Å². The van der Waals surface area contributed by atoms with Gasteiger partial charge in [-0.2, -0.15) is 0 Å². The molecule has 1 saturated heterocycles. The van der Waals surface area contributed by atoms with Crippen molar-refractivity contribution >= 4 is 23.9 Å². The fourth-order valence-electron chi connectivity index (χ4n) is 14.8. The highest BCUT2D eigenvalue weighted by atomic mass is 16.8. The highest BCUT2D eigenvalue weighted by Gasteiger charge is 2.56. The van der Waals surface area contributed by atoms with Gasteiger partial charge in [-0.05, 0) is 54.1 Å². The average Bonchev–Trinajstić information content (AvgIpc) is 1.61. The third-order valence-corrected chi connectivity index (χ3v) is 20.3. The third-order valence-electron chi connectivity index (χ3n) is 20.3. The zero-order valence-corrected chi connectivity index (χ0v) is 60.5. The fourth-order valence-corrected chi connectivity index (χ4v) is 14.8. The van der Waals surface area contributed by atoms with Crippen LogP contribution in [-0.4, -0.2) is 81.6 Å². The maximum absolute atomic E-state index is 15.8. The number of hydrogen-bond donors (Lipinski definition) is 4. The van der Waals surface area contributed by atoms with E-state index in [1.54, 1.807) is 224 Å². The molecule has 0 aromatic heterocycles. The minimum absolute atomic E-state index is 0.0500. The third kappa shape index (κ3) is 13.1. The van der Waals surface area contributed by atoms with E-state index in [9.17, 15) is 20.4 Å². The molecule has 0 bridgehead atoms. The quantitative estimate of drug-likeness (QED) is 0.0407. The number of rotatable bonds is 20. The molecule has 1 fully saturated rings. The first-order valence-electron chi connectivity index (χ1n) is 36.7. The minimum atomic E-state index is -2.16. The van der Waals surface area contributed by atoms with Crippen LogP contribution in [-0.2, 0) is 58.2 Å². The second-order valence-corrected chi connectivity index (χ2v) is 27.5. The number of hydrogen-bond acceptors (Lipinski definition) is 22. The van der Waals surface area contributed by atoms with Gasteiger partial charge in [-0.3, -0.25) is 0 Å². The Balaban J connectivity index is 0.753. The maximum Gasteiger partial charge on any atom is 0.339 e. The molecule has 570 valence electrons. The molecule has 0 unspecified atom stereocenters. The number of phenols is 4. The highest BCUT2D eigenvalue weighted by Crippen LogP contribution is 2.57. The Morgan fingerprint density at radius 2 is 0.530 bits per heavy atom. The summed E-state index contributed by atoms with van der Waals surface area (Å²) >= 11 is 0. The Bertz CT molecular complexity index is 5650. The van der Waals surface area contributed by atoms with Crippen LogP contribution in [0, 0.1) is 0 Å². The Labute approximate surface area is 656 Å². The van der Waals surface area contributed by atoms with E-state index in [1.165, 1.54) is 24.3 Å². The van der Waals surface area contributed by atoms with Crippen LogP contribution in [0.1, 0.15) is 91.5 Å². The van der Waals surface area contributed by atoms with Crippen LogP contribution in [0.25, 0.3) is 0 Å². The molecule has 0 saturated carbocycles. The van der Waals surface area contributed by atoms with Crippen LogP contribution < -0.4 is 37.9 Å². The summed E-state index contributed by atoms with van der Waals surface area (Å²) in [5.41, 5.74) is 3.36. The van der Waals surface area contributed by atoms with E-state index in [4.69, 9.17) is 66.3 Å². The first-order valence-corrected chi connectivity index (χ1v) is 36.7. The largest absolute Gasteiger partial charge is 0.504 e. The zero-order chi connectivity index (χ0) is 78.4. The van der Waals surface area contributed by atoms with E-state index < -0.39 is 113 Å². The number of ether oxygens (including phenoxy) is 14. The van der Waals surface area contributed by atoms with E-state index in [-0.39, 0.29) is 69.3 Å². The van der Waals surface area contributed by atoms with Crippen molar-refractivity contribution in [2.45, 2.75) is 60.5 Å². The number of aromatic hydroxyl groups is 4. The lowest BCUT2D eigenvalue weighted by Crippen LogP contribution is -2.63. The molecule has 0 spiro atoms. The molecule has 18 rings (SSSR count). The first-order chi connectivity index (χ1) is 56.1. The van der Waals surface area contributed by atoms with Gasteiger partial charge in [-0.15, -0.1) is 0 Å². The highest BCUT2D eigenvalue weighted by molar-refractivity contribution is 5.94. The Morgan fingerprint density at radius 3 is 0.809 bits per heavy atom. The molecule has 5 aliphatic rings. The first kappa shape index (κ1) is 71.8. The molecule has 5 heterocycles. The zero-order valence-electron chi connectivity index (χ0n) is 60.5. The van der Waals surface area contributed by atoms with Crippen molar-refractivity contribution in [3.63, 3.8) is 0 Å². The van der Waals surface area contributed by atoms with E-state index in [0.29, 0.717) is 50.1 Å². The molecule has 13 aromatic carbocycles. The van der Waals surface area contributed by atoms with Crippen molar-refractivity contribution < 1.29 is 106 Å². The van der Waals surface area contributed by atoms with Gasteiger partial charge < -0.3 is 86.7 Å². The Kier molecular flexibility index (Phi) is 18.4. The lowest BCUT2D eigenvalue weighted by Gasteiger charge is -2.44. The van der Waals surface area contributed by atoms with E-state index >= 15 is 19.2 Å². The second-order valence-electron chi connectivity index (χ2n) is 27.5. The van der Waals surface area contributed by atoms with Crippen LogP contribution >= 0.6 is 0 Å². The summed E-state index contributed by atoms with van der Waals surface area (Å²) in [4.78, 5) is 62.3. The van der Waals surface area contributed by atoms with Crippen LogP contribution in [0.4, 0.5) is 0 Å². The molecule has 22 nitrogen and oxygen atoms in total. The summed E-state index contributed by atoms with van der Waals surface area (Å²) in [6.45, 7) is -1.23. The number of fused-ring (bicyclic) bond motifs is 4. The number of carbonyl (C=O) groups is 4. The van der Waals surface area contributed by atoms with Gasteiger partial charge in [-0.25, -0.2) is 19.2 Å². The van der Waals surface area contributed by atoms with Crippen molar-refractivity contribution in [3.05, 3.63) is 394 Å². The lowest BCUT2D eigenvalue weighted by molar-refractivity contribution is -0.301. The lowest BCUT2D eigenvalue weighted by atomic mass is 9.97. The van der Waals surface area contributed by atoms with Gasteiger partial charge >= 0.3 is 47.0 Å². The van der Waals surface area contributed by atoms with Crippen LogP contribution in [0.2, 0.25) is 0 Å². The summed E-state index contributed by atoms with van der Waals surface area (Å²) in [6.07, 6.45) is -10.1. The molecule has 0 radical (unpaired) electrons. The normalized spacial score (nSPS) is 18.3. The van der Waals surface area contributed by atoms with Gasteiger partial charge in [0.15, 0.2) is 70.6 Å². The van der Waals surface area contributed by atoms with Crippen molar-refractivity contribution in [2.24, 2.45) is 0 Å². The number of phenolic OH excluding ortho intramolecular Hbond substituents is 4. The summed E-state index contributed by atoms with van der Waals surface area (Å²) < 4.78 is 92.7. The molecule has 5 aliphatic heterocycles. The fraction of sp³-hybridized carbons (Fsp3) is 0.118. The van der Waals surface area contributed by atoms with Gasteiger partial charge in [0, 0.05) is 44.5 Å². The van der Waals surface area contributed by atoms with Crippen molar-refractivity contribution in [3.8, 4) is 69.0 Å². The monoisotopic (exact) mass is 1530 g/mol. The predicted molar refractivity (Wildman–Crippen MR) is 410 cm³/mol. The van der Waals surface area contributed by atoms with E-state index in [0.717, 1.165) is 24.3 Å². The summed E-state index contributed by atoms with van der Waals surface area (Å²) in [7, 11) is 0. The molecular weight excluding hydrogens is 1470 g/mol. The molecule has 22 heteroatoms. The molecule has 0 amide bonds.